The van der Waals surface area contributed by atoms with Crippen molar-refractivity contribution in [1.82, 2.24) is 5.32 Å². The number of halogens is 1. The normalized spacial score (nSPS) is 13.2. The van der Waals surface area contributed by atoms with E-state index in [-0.39, 0.29) is 10.7 Å². The molecule has 1 N–H and O–H groups in total. The molecule has 0 aromatic heterocycles. The molecule has 0 saturated carbocycles. The Balaban J connectivity index is 3.91. The Hall–Kier alpha value is -0.560. The first-order chi connectivity index (χ1) is 5.93. The molecule has 0 aliphatic rings. The Morgan fingerprint density at radius 1 is 1.69 bits per heavy atom. The standard InChI is InChI=1S/C9H15BrN2O/c1-4-7(10)8(13)12-6-9(2,3)5-11/h7H,4,6H2,1-3H3,(H,12,13). The summed E-state index contributed by atoms with van der Waals surface area (Å²) < 4.78 is 0. The van der Waals surface area contributed by atoms with E-state index in [2.05, 4.69) is 27.3 Å². The summed E-state index contributed by atoms with van der Waals surface area (Å²) in [6.45, 7) is 5.91. The molecule has 0 fully saturated rings. The van der Waals surface area contributed by atoms with Crippen molar-refractivity contribution in [1.29, 1.82) is 5.26 Å². The second-order valence-corrected chi connectivity index (χ2v) is 4.69. The highest BCUT2D eigenvalue weighted by atomic mass is 79.9. The number of nitrogens with zero attached hydrogens (tertiary/aromatic N) is 1. The number of rotatable bonds is 4. The lowest BCUT2D eigenvalue weighted by Crippen LogP contribution is -2.37. The maximum atomic E-state index is 11.3. The summed E-state index contributed by atoms with van der Waals surface area (Å²) in [5.74, 6) is -0.0502. The van der Waals surface area contributed by atoms with E-state index < -0.39 is 5.41 Å². The number of alkyl halides is 1. The van der Waals surface area contributed by atoms with E-state index in [1.165, 1.54) is 0 Å². The van der Waals surface area contributed by atoms with Crippen molar-refractivity contribution in [2.24, 2.45) is 5.41 Å². The van der Waals surface area contributed by atoms with Crippen LogP contribution in [0.2, 0.25) is 0 Å². The fraction of sp³-hybridized carbons (Fsp3) is 0.778. The van der Waals surface area contributed by atoms with Gasteiger partial charge in [-0.1, -0.05) is 22.9 Å². The van der Waals surface area contributed by atoms with Crippen LogP contribution >= 0.6 is 15.9 Å². The first-order valence-electron chi connectivity index (χ1n) is 4.26. The molecule has 1 atom stereocenters. The van der Waals surface area contributed by atoms with E-state index in [1.54, 1.807) is 13.8 Å². The van der Waals surface area contributed by atoms with Crippen molar-refractivity contribution in [3.05, 3.63) is 0 Å². The molecule has 74 valence electrons. The Morgan fingerprint density at radius 3 is 2.62 bits per heavy atom. The minimum atomic E-state index is -0.490. The first-order valence-corrected chi connectivity index (χ1v) is 5.17. The smallest absolute Gasteiger partial charge is 0.233 e. The highest BCUT2D eigenvalue weighted by molar-refractivity contribution is 9.10. The third-order valence-corrected chi connectivity index (χ3v) is 2.71. The van der Waals surface area contributed by atoms with E-state index in [4.69, 9.17) is 5.26 Å². The zero-order valence-corrected chi connectivity index (χ0v) is 9.81. The van der Waals surface area contributed by atoms with Gasteiger partial charge in [-0.05, 0) is 20.3 Å². The minimum Gasteiger partial charge on any atom is -0.354 e. The van der Waals surface area contributed by atoms with Crippen molar-refractivity contribution < 1.29 is 4.79 Å². The topological polar surface area (TPSA) is 52.9 Å². The van der Waals surface area contributed by atoms with Crippen molar-refractivity contribution in [3.8, 4) is 6.07 Å². The summed E-state index contributed by atoms with van der Waals surface area (Å²) in [5.41, 5.74) is -0.490. The SMILES string of the molecule is CCC(Br)C(=O)NCC(C)(C)C#N. The van der Waals surface area contributed by atoms with Crippen LogP contribution < -0.4 is 5.32 Å². The molecule has 1 unspecified atom stereocenters. The number of hydrogen-bond donors (Lipinski definition) is 1. The number of amides is 1. The van der Waals surface area contributed by atoms with E-state index in [0.717, 1.165) is 6.42 Å². The molecule has 4 heteroatoms. The molecule has 0 spiro atoms. The van der Waals surface area contributed by atoms with Gasteiger partial charge >= 0.3 is 0 Å². The summed E-state index contributed by atoms with van der Waals surface area (Å²) in [6.07, 6.45) is 0.749. The van der Waals surface area contributed by atoms with Crippen LogP contribution in [-0.4, -0.2) is 17.3 Å². The predicted octanol–water partition coefficient (Wildman–Crippen LogP) is 1.83. The van der Waals surface area contributed by atoms with Gasteiger partial charge in [-0.25, -0.2) is 0 Å². The molecule has 3 nitrogen and oxygen atoms in total. The van der Waals surface area contributed by atoms with Crippen LogP contribution in [-0.2, 0) is 4.79 Å². The number of carbonyl (C=O) groups excluding carboxylic acids is 1. The number of carbonyl (C=O) groups is 1. The molecule has 0 saturated heterocycles. The summed E-state index contributed by atoms with van der Waals surface area (Å²) in [4.78, 5) is 11.1. The number of nitrogens with one attached hydrogen (secondary N) is 1. The van der Waals surface area contributed by atoms with Crippen LogP contribution in [0.25, 0.3) is 0 Å². The Bertz CT molecular complexity index is 220. The molecular formula is C9H15BrN2O. The fourth-order valence-corrected chi connectivity index (χ4v) is 0.806. The molecule has 13 heavy (non-hydrogen) atoms. The third-order valence-electron chi connectivity index (χ3n) is 1.65. The molecule has 0 heterocycles. The molecule has 0 aliphatic carbocycles. The lowest BCUT2D eigenvalue weighted by atomic mass is 9.96. The van der Waals surface area contributed by atoms with Crippen LogP contribution in [0.3, 0.4) is 0 Å². The van der Waals surface area contributed by atoms with Crippen LogP contribution in [0.15, 0.2) is 0 Å². The van der Waals surface area contributed by atoms with Crippen LogP contribution in [0.1, 0.15) is 27.2 Å². The van der Waals surface area contributed by atoms with Gasteiger partial charge in [0.25, 0.3) is 0 Å². The quantitative estimate of drug-likeness (QED) is 0.770. The Morgan fingerprint density at radius 2 is 2.23 bits per heavy atom. The lowest BCUT2D eigenvalue weighted by molar-refractivity contribution is -0.120. The lowest BCUT2D eigenvalue weighted by Gasteiger charge is -2.17. The summed E-state index contributed by atoms with van der Waals surface area (Å²) >= 11 is 3.24. The zero-order chi connectivity index (χ0) is 10.5. The molecule has 1 amide bonds. The maximum absolute atomic E-state index is 11.3. The van der Waals surface area contributed by atoms with Gasteiger partial charge in [0.1, 0.15) is 0 Å². The highest BCUT2D eigenvalue weighted by Crippen LogP contribution is 2.11. The van der Waals surface area contributed by atoms with Crippen LogP contribution in [0.4, 0.5) is 0 Å². The van der Waals surface area contributed by atoms with Crippen molar-refractivity contribution >= 4 is 21.8 Å². The van der Waals surface area contributed by atoms with E-state index >= 15 is 0 Å². The number of nitriles is 1. The fourth-order valence-electron chi connectivity index (χ4n) is 0.644. The molecule has 0 aromatic carbocycles. The van der Waals surface area contributed by atoms with E-state index in [9.17, 15) is 4.79 Å². The Kier molecular flexibility index (Phi) is 5.01. The average molecular weight is 247 g/mol. The zero-order valence-electron chi connectivity index (χ0n) is 8.22. The first kappa shape index (κ1) is 12.4. The van der Waals surface area contributed by atoms with Crippen molar-refractivity contribution in [3.63, 3.8) is 0 Å². The molecule has 0 bridgehead atoms. The van der Waals surface area contributed by atoms with Crippen LogP contribution in [0.5, 0.6) is 0 Å². The van der Waals surface area contributed by atoms with E-state index in [1.807, 2.05) is 6.92 Å². The monoisotopic (exact) mass is 246 g/mol. The van der Waals surface area contributed by atoms with Gasteiger partial charge in [-0.3, -0.25) is 4.79 Å². The second-order valence-electron chi connectivity index (χ2n) is 3.59. The van der Waals surface area contributed by atoms with Gasteiger partial charge in [0.2, 0.25) is 5.91 Å². The van der Waals surface area contributed by atoms with Crippen LogP contribution in [0, 0.1) is 16.7 Å². The van der Waals surface area contributed by atoms with Gasteiger partial charge in [-0.15, -0.1) is 0 Å². The van der Waals surface area contributed by atoms with Gasteiger partial charge in [-0.2, -0.15) is 5.26 Å². The molecule has 0 aliphatic heterocycles. The average Bonchev–Trinajstić information content (AvgIpc) is 2.13. The number of hydrogen-bond acceptors (Lipinski definition) is 2. The van der Waals surface area contributed by atoms with Gasteiger partial charge in [0.15, 0.2) is 0 Å². The summed E-state index contributed by atoms with van der Waals surface area (Å²) in [6, 6.07) is 2.12. The molecule has 0 rings (SSSR count). The maximum Gasteiger partial charge on any atom is 0.233 e. The molecule has 0 radical (unpaired) electrons. The molecular weight excluding hydrogens is 232 g/mol. The predicted molar refractivity (Wildman–Crippen MR) is 55.4 cm³/mol. The van der Waals surface area contributed by atoms with Gasteiger partial charge < -0.3 is 5.32 Å². The summed E-state index contributed by atoms with van der Waals surface area (Å²) in [5, 5.41) is 11.4. The van der Waals surface area contributed by atoms with Crippen molar-refractivity contribution in [2.45, 2.75) is 32.0 Å². The van der Waals surface area contributed by atoms with Crippen molar-refractivity contribution in [2.75, 3.05) is 6.54 Å². The second kappa shape index (κ2) is 5.23. The third kappa shape index (κ3) is 4.89. The molecule has 0 aromatic rings. The summed E-state index contributed by atoms with van der Waals surface area (Å²) in [7, 11) is 0. The highest BCUT2D eigenvalue weighted by Gasteiger charge is 2.19. The minimum absolute atomic E-state index is 0.0502. The van der Waals surface area contributed by atoms with Gasteiger partial charge in [0.05, 0.1) is 16.3 Å². The van der Waals surface area contributed by atoms with Gasteiger partial charge in [0, 0.05) is 6.54 Å². The largest absolute Gasteiger partial charge is 0.354 e. The Labute approximate surface area is 87.6 Å². The van der Waals surface area contributed by atoms with E-state index in [0.29, 0.717) is 6.54 Å².